The first kappa shape index (κ1) is 17.4. The van der Waals surface area contributed by atoms with Gasteiger partial charge in [0, 0.05) is 38.4 Å². The fraction of sp³-hybridized carbons (Fsp3) is 0.684. The van der Waals surface area contributed by atoms with Gasteiger partial charge in [-0.05, 0) is 49.5 Å². The van der Waals surface area contributed by atoms with Gasteiger partial charge in [-0.3, -0.25) is 9.59 Å². The van der Waals surface area contributed by atoms with Gasteiger partial charge in [0.05, 0.1) is 6.10 Å². The van der Waals surface area contributed by atoms with E-state index in [1.54, 1.807) is 12.4 Å². The Morgan fingerprint density at radius 1 is 1.23 bits per heavy atom. The van der Waals surface area contributed by atoms with Crippen LogP contribution in [-0.2, 0) is 20.7 Å². The minimum Gasteiger partial charge on any atom is -0.363 e. The molecule has 140 valence electrons. The quantitative estimate of drug-likeness (QED) is 0.818. The number of ether oxygens (including phenoxy) is 1. The van der Waals surface area contributed by atoms with Crippen molar-refractivity contribution in [2.45, 2.75) is 50.7 Å². The molecule has 3 aliphatic rings. The molecule has 3 atom stereocenters. The number of carbonyl (C=O) groups is 2. The number of likely N-dealkylation sites (tertiary alicyclic amines) is 1. The smallest absolute Gasteiger partial charge is 0.249 e. The maximum Gasteiger partial charge on any atom is 0.249 e. The van der Waals surface area contributed by atoms with E-state index in [9.17, 15) is 9.59 Å². The average molecular weight is 358 g/mol. The van der Waals surface area contributed by atoms with Gasteiger partial charge in [-0.15, -0.1) is 0 Å². The molecule has 3 fully saturated rings. The molecule has 2 saturated heterocycles. The van der Waals surface area contributed by atoms with E-state index in [0.29, 0.717) is 31.2 Å². The number of aromatic nitrogens is 2. The van der Waals surface area contributed by atoms with Crippen molar-refractivity contribution in [3.05, 3.63) is 24.3 Å². The third-order valence-electron chi connectivity index (χ3n) is 5.70. The molecule has 1 aromatic rings. The minimum absolute atomic E-state index is 0.00978. The van der Waals surface area contributed by atoms with Crippen molar-refractivity contribution in [2.24, 2.45) is 11.8 Å². The average Bonchev–Trinajstić information content (AvgIpc) is 3.41. The summed E-state index contributed by atoms with van der Waals surface area (Å²) >= 11 is 0. The van der Waals surface area contributed by atoms with Crippen molar-refractivity contribution in [1.82, 2.24) is 20.2 Å². The lowest BCUT2D eigenvalue weighted by Crippen LogP contribution is -2.45. The molecule has 0 aromatic carbocycles. The van der Waals surface area contributed by atoms with E-state index in [1.807, 2.05) is 4.90 Å². The highest BCUT2D eigenvalue weighted by molar-refractivity contribution is 5.81. The molecule has 1 unspecified atom stereocenters. The van der Waals surface area contributed by atoms with Crippen LogP contribution >= 0.6 is 0 Å². The topological polar surface area (TPSA) is 84.4 Å². The van der Waals surface area contributed by atoms with Gasteiger partial charge in [0.2, 0.25) is 11.8 Å². The molecule has 4 rings (SSSR count). The number of aryl methyl sites for hydroxylation is 1. The summed E-state index contributed by atoms with van der Waals surface area (Å²) in [6.07, 6.45) is 9.88. The SMILES string of the molecule is O=C(NCC1CC1)C1C[C@@H]2CCN(C(=O)CCc3cncnc3)C[C@@H]2O1. The summed E-state index contributed by atoms with van der Waals surface area (Å²) < 4.78 is 6.00. The van der Waals surface area contributed by atoms with Crippen LogP contribution < -0.4 is 5.32 Å². The summed E-state index contributed by atoms with van der Waals surface area (Å²) in [5, 5.41) is 3.01. The Bertz CT molecular complexity index is 649. The summed E-state index contributed by atoms with van der Waals surface area (Å²) in [6, 6.07) is 0. The van der Waals surface area contributed by atoms with Gasteiger partial charge >= 0.3 is 0 Å². The first-order chi connectivity index (χ1) is 12.7. The van der Waals surface area contributed by atoms with Crippen molar-refractivity contribution >= 4 is 11.8 Å². The Kier molecular flexibility index (Phi) is 5.15. The monoisotopic (exact) mass is 358 g/mol. The van der Waals surface area contributed by atoms with Crippen molar-refractivity contribution in [2.75, 3.05) is 19.6 Å². The second-order valence-corrected chi connectivity index (χ2v) is 7.72. The molecule has 2 amide bonds. The lowest BCUT2D eigenvalue weighted by atomic mass is 9.91. The lowest BCUT2D eigenvalue weighted by molar-refractivity contribution is -0.138. The van der Waals surface area contributed by atoms with Crippen LogP contribution in [0.3, 0.4) is 0 Å². The van der Waals surface area contributed by atoms with E-state index in [1.165, 1.54) is 19.2 Å². The molecule has 0 bridgehead atoms. The molecule has 7 nitrogen and oxygen atoms in total. The second-order valence-electron chi connectivity index (χ2n) is 7.72. The third-order valence-corrected chi connectivity index (χ3v) is 5.70. The number of rotatable bonds is 6. The van der Waals surface area contributed by atoms with Gasteiger partial charge in [-0.25, -0.2) is 9.97 Å². The molecule has 1 N–H and O–H groups in total. The fourth-order valence-electron chi connectivity index (χ4n) is 3.87. The van der Waals surface area contributed by atoms with E-state index in [2.05, 4.69) is 15.3 Å². The Morgan fingerprint density at radius 2 is 2.04 bits per heavy atom. The zero-order valence-corrected chi connectivity index (χ0v) is 15.0. The highest BCUT2D eigenvalue weighted by atomic mass is 16.5. The highest BCUT2D eigenvalue weighted by Crippen LogP contribution is 2.34. The number of piperidine rings is 1. The summed E-state index contributed by atoms with van der Waals surface area (Å²) in [4.78, 5) is 34.6. The number of nitrogens with one attached hydrogen (secondary N) is 1. The van der Waals surface area contributed by atoms with Crippen LogP contribution in [0, 0.1) is 11.8 Å². The minimum atomic E-state index is -0.347. The highest BCUT2D eigenvalue weighted by Gasteiger charge is 2.42. The maximum absolute atomic E-state index is 12.5. The number of nitrogens with zero attached hydrogens (tertiary/aromatic N) is 3. The molecular weight excluding hydrogens is 332 g/mol. The zero-order chi connectivity index (χ0) is 17.9. The molecule has 3 heterocycles. The number of carbonyl (C=O) groups excluding carboxylic acids is 2. The Labute approximate surface area is 153 Å². The zero-order valence-electron chi connectivity index (χ0n) is 15.0. The van der Waals surface area contributed by atoms with Gasteiger partial charge in [0.1, 0.15) is 12.4 Å². The molecule has 1 saturated carbocycles. The van der Waals surface area contributed by atoms with E-state index in [0.717, 1.165) is 31.5 Å². The molecular formula is C19H26N4O3. The molecule has 1 aromatic heterocycles. The van der Waals surface area contributed by atoms with Crippen LogP contribution in [0.2, 0.25) is 0 Å². The fourth-order valence-corrected chi connectivity index (χ4v) is 3.87. The summed E-state index contributed by atoms with van der Waals surface area (Å²) in [5.74, 6) is 1.22. The van der Waals surface area contributed by atoms with Crippen molar-refractivity contribution < 1.29 is 14.3 Å². The summed E-state index contributed by atoms with van der Waals surface area (Å²) in [6.45, 7) is 2.13. The van der Waals surface area contributed by atoms with Gasteiger partial charge in [0.25, 0.3) is 0 Å². The van der Waals surface area contributed by atoms with Crippen molar-refractivity contribution in [3.8, 4) is 0 Å². The van der Waals surface area contributed by atoms with E-state index >= 15 is 0 Å². The van der Waals surface area contributed by atoms with Gasteiger partial charge in [-0.2, -0.15) is 0 Å². The Balaban J connectivity index is 1.24. The maximum atomic E-state index is 12.5. The van der Waals surface area contributed by atoms with Crippen LogP contribution in [0.5, 0.6) is 0 Å². The number of fused-ring (bicyclic) bond motifs is 1. The normalized spacial score (nSPS) is 27.8. The number of hydrogen-bond acceptors (Lipinski definition) is 5. The molecule has 1 aliphatic carbocycles. The Hall–Kier alpha value is -2.02. The molecule has 7 heteroatoms. The standard InChI is InChI=1S/C19H26N4O3/c24-18(4-3-14-8-20-12-21-9-14)23-6-5-15-7-16(26-17(15)11-23)19(25)22-10-13-1-2-13/h8-9,12-13,15-17H,1-7,10-11H2,(H,22,25)/t15-,16?,17-/m0/s1. The first-order valence-electron chi connectivity index (χ1n) is 9.64. The van der Waals surface area contributed by atoms with Crippen LogP contribution in [0.15, 0.2) is 18.7 Å². The molecule has 26 heavy (non-hydrogen) atoms. The molecule has 0 spiro atoms. The lowest BCUT2D eigenvalue weighted by Gasteiger charge is -2.34. The van der Waals surface area contributed by atoms with Crippen LogP contribution in [0.25, 0.3) is 0 Å². The van der Waals surface area contributed by atoms with Crippen molar-refractivity contribution in [1.29, 1.82) is 0 Å². The first-order valence-corrected chi connectivity index (χ1v) is 9.64. The van der Waals surface area contributed by atoms with E-state index in [-0.39, 0.29) is 24.0 Å². The predicted molar refractivity (Wildman–Crippen MR) is 94.1 cm³/mol. The predicted octanol–water partition coefficient (Wildman–Crippen LogP) is 0.941. The third kappa shape index (κ3) is 4.20. The summed E-state index contributed by atoms with van der Waals surface area (Å²) in [7, 11) is 0. The van der Waals surface area contributed by atoms with Crippen LogP contribution in [-0.4, -0.2) is 58.5 Å². The second kappa shape index (κ2) is 7.70. The van der Waals surface area contributed by atoms with E-state index < -0.39 is 0 Å². The van der Waals surface area contributed by atoms with E-state index in [4.69, 9.17) is 4.74 Å². The number of amides is 2. The molecule has 0 radical (unpaired) electrons. The Morgan fingerprint density at radius 3 is 2.81 bits per heavy atom. The summed E-state index contributed by atoms with van der Waals surface area (Å²) in [5.41, 5.74) is 0.972. The van der Waals surface area contributed by atoms with Crippen molar-refractivity contribution in [3.63, 3.8) is 0 Å². The van der Waals surface area contributed by atoms with Gasteiger partial charge in [-0.1, -0.05) is 0 Å². The van der Waals surface area contributed by atoms with Crippen LogP contribution in [0.1, 0.15) is 37.7 Å². The van der Waals surface area contributed by atoms with Gasteiger partial charge < -0.3 is 15.0 Å². The molecule has 2 aliphatic heterocycles. The van der Waals surface area contributed by atoms with Crippen LogP contribution in [0.4, 0.5) is 0 Å². The van der Waals surface area contributed by atoms with Gasteiger partial charge in [0.15, 0.2) is 0 Å². The largest absolute Gasteiger partial charge is 0.363 e. The number of hydrogen-bond donors (Lipinski definition) is 1.